The van der Waals surface area contributed by atoms with Gasteiger partial charge < -0.3 is 14.6 Å². The molecule has 1 spiro atoms. The van der Waals surface area contributed by atoms with Crippen molar-refractivity contribution >= 4 is 29.4 Å². The summed E-state index contributed by atoms with van der Waals surface area (Å²) in [7, 11) is 1.62. The predicted octanol–water partition coefficient (Wildman–Crippen LogP) is 3.42. The molecule has 0 unspecified atom stereocenters. The van der Waals surface area contributed by atoms with Gasteiger partial charge in [0.2, 0.25) is 5.91 Å². The minimum Gasteiger partial charge on any atom is -0.459 e. The summed E-state index contributed by atoms with van der Waals surface area (Å²) >= 11 is 5.91. The zero-order valence-electron chi connectivity index (χ0n) is 16.1. The molecule has 0 bridgehead atoms. The molecule has 2 aromatic rings. The summed E-state index contributed by atoms with van der Waals surface area (Å²) < 4.78 is 5.82. The molecule has 1 aliphatic heterocycles. The van der Waals surface area contributed by atoms with Crippen molar-refractivity contribution in [1.82, 2.24) is 15.1 Å². The molecule has 4 rings (SSSR count). The number of likely N-dealkylation sites (N-methyl/N-ethyl adjacent to an activating group) is 1. The Balaban J connectivity index is 1.38. The Kier molecular flexibility index (Phi) is 5.08. The number of amides is 4. The van der Waals surface area contributed by atoms with Gasteiger partial charge in [0, 0.05) is 17.6 Å². The lowest BCUT2D eigenvalue weighted by molar-refractivity contribution is -0.138. The van der Waals surface area contributed by atoms with E-state index >= 15 is 0 Å². The molecule has 29 heavy (non-hydrogen) atoms. The molecular weight excluding hydrogens is 394 g/mol. The minimum atomic E-state index is -0.801. The molecule has 2 fully saturated rings. The highest BCUT2D eigenvalue weighted by Crippen LogP contribution is 2.35. The standard InChI is InChI=1S/C21H22ClN3O4/c1-24(12-16-8-9-17(29-16)14-4-6-15(22)7-5-14)18(26)13-25-19(27)21(23-20(25)28)10-2-3-11-21/h4-9H,2-3,10-13H2,1H3,(H,23,28). The number of nitrogens with one attached hydrogen (secondary N) is 1. The van der Waals surface area contributed by atoms with Gasteiger partial charge in [-0.2, -0.15) is 0 Å². The van der Waals surface area contributed by atoms with Crippen LogP contribution in [0.3, 0.4) is 0 Å². The summed E-state index contributed by atoms with van der Waals surface area (Å²) in [5, 5.41) is 3.43. The highest BCUT2D eigenvalue weighted by molar-refractivity contribution is 6.30. The Morgan fingerprint density at radius 2 is 1.86 bits per heavy atom. The first-order valence-corrected chi connectivity index (χ1v) is 9.98. The Labute approximate surface area is 173 Å². The number of hydrogen-bond acceptors (Lipinski definition) is 4. The fourth-order valence-corrected chi connectivity index (χ4v) is 4.07. The van der Waals surface area contributed by atoms with Crippen molar-refractivity contribution in [2.75, 3.05) is 13.6 Å². The summed E-state index contributed by atoms with van der Waals surface area (Å²) in [5.41, 5.74) is 0.0839. The molecule has 1 N–H and O–H groups in total. The van der Waals surface area contributed by atoms with Gasteiger partial charge in [-0.25, -0.2) is 4.79 Å². The van der Waals surface area contributed by atoms with Crippen LogP contribution in [0.15, 0.2) is 40.8 Å². The molecule has 1 aromatic heterocycles. The quantitative estimate of drug-likeness (QED) is 0.758. The van der Waals surface area contributed by atoms with Gasteiger partial charge in [-0.15, -0.1) is 0 Å². The van der Waals surface area contributed by atoms with Crippen LogP contribution in [-0.2, 0) is 16.1 Å². The van der Waals surface area contributed by atoms with Crippen molar-refractivity contribution in [2.24, 2.45) is 0 Å². The van der Waals surface area contributed by atoms with Crippen molar-refractivity contribution in [2.45, 2.75) is 37.8 Å². The van der Waals surface area contributed by atoms with Crippen molar-refractivity contribution in [3.63, 3.8) is 0 Å². The first kappa shape index (κ1) is 19.5. The number of carbonyl (C=O) groups is 3. The van der Waals surface area contributed by atoms with Crippen LogP contribution >= 0.6 is 11.6 Å². The fraction of sp³-hybridized carbons (Fsp3) is 0.381. The second-order valence-electron chi connectivity index (χ2n) is 7.63. The molecule has 0 atom stereocenters. The lowest BCUT2D eigenvalue weighted by atomic mass is 9.98. The Bertz CT molecular complexity index is 947. The normalized spacial score (nSPS) is 17.8. The highest BCUT2D eigenvalue weighted by Gasteiger charge is 2.52. The van der Waals surface area contributed by atoms with Crippen LogP contribution in [0.1, 0.15) is 31.4 Å². The van der Waals surface area contributed by atoms with Crippen molar-refractivity contribution < 1.29 is 18.8 Å². The third-order valence-electron chi connectivity index (χ3n) is 5.61. The fourth-order valence-electron chi connectivity index (χ4n) is 3.95. The maximum absolute atomic E-state index is 12.7. The third kappa shape index (κ3) is 3.74. The molecule has 2 aliphatic rings. The summed E-state index contributed by atoms with van der Waals surface area (Å²) in [6.45, 7) is -0.0329. The van der Waals surface area contributed by atoms with E-state index in [2.05, 4.69) is 5.32 Å². The largest absolute Gasteiger partial charge is 0.459 e. The van der Waals surface area contributed by atoms with Crippen molar-refractivity contribution in [1.29, 1.82) is 0 Å². The number of urea groups is 1. The van der Waals surface area contributed by atoms with Gasteiger partial charge in [-0.1, -0.05) is 24.4 Å². The molecule has 1 aliphatic carbocycles. The second-order valence-corrected chi connectivity index (χ2v) is 8.07. The molecule has 1 aromatic carbocycles. The molecule has 0 radical (unpaired) electrons. The van der Waals surface area contributed by atoms with Crippen LogP contribution in [0.5, 0.6) is 0 Å². The topological polar surface area (TPSA) is 82.9 Å². The molecule has 7 nitrogen and oxygen atoms in total. The summed E-state index contributed by atoms with van der Waals surface area (Å²) in [6, 6.07) is 10.4. The van der Waals surface area contributed by atoms with Gasteiger partial charge in [0.25, 0.3) is 5.91 Å². The van der Waals surface area contributed by atoms with Gasteiger partial charge in [0.1, 0.15) is 23.6 Å². The lowest BCUT2D eigenvalue weighted by Gasteiger charge is -2.21. The Morgan fingerprint density at radius 1 is 1.17 bits per heavy atom. The minimum absolute atomic E-state index is 0.237. The monoisotopic (exact) mass is 415 g/mol. The zero-order valence-corrected chi connectivity index (χ0v) is 16.9. The molecule has 152 valence electrons. The molecule has 4 amide bonds. The average Bonchev–Trinajstić information content (AvgIpc) is 3.40. The Hall–Kier alpha value is -2.80. The first-order valence-electron chi connectivity index (χ1n) is 9.61. The molecular formula is C21H22ClN3O4. The maximum Gasteiger partial charge on any atom is 0.325 e. The predicted molar refractivity (Wildman–Crippen MR) is 107 cm³/mol. The van der Waals surface area contributed by atoms with Crippen LogP contribution in [0.2, 0.25) is 5.02 Å². The average molecular weight is 416 g/mol. The van der Waals surface area contributed by atoms with Crippen LogP contribution in [-0.4, -0.2) is 46.8 Å². The SMILES string of the molecule is CN(Cc1ccc(-c2ccc(Cl)cc2)o1)C(=O)CN1C(=O)NC2(CCCC2)C1=O. The molecule has 1 saturated carbocycles. The third-order valence-corrected chi connectivity index (χ3v) is 5.86. The van der Waals surface area contributed by atoms with E-state index in [0.717, 1.165) is 23.3 Å². The number of imide groups is 1. The van der Waals surface area contributed by atoms with Gasteiger partial charge in [-0.3, -0.25) is 14.5 Å². The number of furan rings is 1. The van der Waals surface area contributed by atoms with Crippen LogP contribution < -0.4 is 5.32 Å². The van der Waals surface area contributed by atoms with Gasteiger partial charge in [-0.05, 0) is 49.2 Å². The molecule has 2 heterocycles. The van der Waals surface area contributed by atoms with Gasteiger partial charge in [0.05, 0.1) is 6.54 Å². The van der Waals surface area contributed by atoms with E-state index in [1.165, 1.54) is 4.90 Å². The summed E-state index contributed by atoms with van der Waals surface area (Å²) in [4.78, 5) is 40.0. The van der Waals surface area contributed by atoms with Crippen LogP contribution in [0.25, 0.3) is 11.3 Å². The van der Waals surface area contributed by atoms with Crippen molar-refractivity contribution in [3.8, 4) is 11.3 Å². The highest BCUT2D eigenvalue weighted by atomic mass is 35.5. The number of carbonyl (C=O) groups excluding carboxylic acids is 3. The van der Waals surface area contributed by atoms with E-state index in [9.17, 15) is 14.4 Å². The number of rotatable bonds is 5. The molecule has 1 saturated heterocycles. The van der Waals surface area contributed by atoms with Gasteiger partial charge in [0.15, 0.2) is 0 Å². The summed E-state index contributed by atoms with van der Waals surface area (Å²) in [6.07, 6.45) is 3.08. The van der Waals surface area contributed by atoms with Gasteiger partial charge >= 0.3 is 6.03 Å². The number of nitrogens with zero attached hydrogens (tertiary/aromatic N) is 2. The first-order chi connectivity index (χ1) is 13.9. The number of hydrogen-bond donors (Lipinski definition) is 1. The lowest BCUT2D eigenvalue weighted by Crippen LogP contribution is -2.45. The molecule has 8 heteroatoms. The van der Waals surface area contributed by atoms with Crippen LogP contribution in [0.4, 0.5) is 4.79 Å². The Morgan fingerprint density at radius 3 is 2.55 bits per heavy atom. The zero-order chi connectivity index (χ0) is 20.6. The van der Waals surface area contributed by atoms with E-state index in [4.69, 9.17) is 16.0 Å². The van der Waals surface area contributed by atoms with E-state index in [-0.39, 0.29) is 24.9 Å². The van der Waals surface area contributed by atoms with Crippen LogP contribution in [0, 0.1) is 0 Å². The maximum atomic E-state index is 12.7. The van der Waals surface area contributed by atoms with E-state index in [1.807, 2.05) is 18.2 Å². The number of halogens is 1. The number of benzene rings is 1. The van der Waals surface area contributed by atoms with Crippen molar-refractivity contribution in [3.05, 3.63) is 47.2 Å². The van der Waals surface area contributed by atoms with E-state index in [0.29, 0.717) is 29.4 Å². The summed E-state index contributed by atoms with van der Waals surface area (Å²) in [5.74, 6) is 0.669. The van der Waals surface area contributed by atoms with E-state index in [1.54, 1.807) is 25.2 Å². The van der Waals surface area contributed by atoms with E-state index < -0.39 is 11.6 Å². The second kappa shape index (κ2) is 7.55. The smallest absolute Gasteiger partial charge is 0.325 e.